The molecule has 3 N–H and O–H groups in total. The molecule has 5 nitrogen and oxygen atoms in total. The SMILES string of the molecule is CNCCCC1Cc2cc(F)ccc2N(c2ccccc2C#N)S1(O)O. The first kappa shape index (κ1) is 18.7. The van der Waals surface area contributed by atoms with Crippen LogP contribution in [0.25, 0.3) is 0 Å². The minimum absolute atomic E-state index is 0.346. The van der Waals surface area contributed by atoms with E-state index in [0.717, 1.165) is 18.5 Å². The summed E-state index contributed by atoms with van der Waals surface area (Å²) in [6.07, 6.45) is 1.75. The van der Waals surface area contributed by atoms with Crippen molar-refractivity contribution in [1.82, 2.24) is 5.32 Å². The molecule has 7 heteroatoms. The van der Waals surface area contributed by atoms with Crippen LogP contribution in [0.15, 0.2) is 42.5 Å². The number of nitrogens with zero attached hydrogens (tertiary/aromatic N) is 2. The number of benzene rings is 2. The minimum atomic E-state index is -3.22. The van der Waals surface area contributed by atoms with Gasteiger partial charge in [0.25, 0.3) is 0 Å². The molecule has 0 aromatic heterocycles. The summed E-state index contributed by atoms with van der Waals surface area (Å²) in [5.74, 6) is -0.357. The highest BCUT2D eigenvalue weighted by Gasteiger charge is 2.40. The molecule has 0 spiro atoms. The second kappa shape index (κ2) is 7.64. The molecule has 3 rings (SSSR count). The lowest BCUT2D eigenvalue weighted by molar-refractivity contribution is 0.454. The van der Waals surface area contributed by atoms with Crippen LogP contribution in [0.5, 0.6) is 0 Å². The van der Waals surface area contributed by atoms with Crippen molar-refractivity contribution in [3.8, 4) is 6.07 Å². The van der Waals surface area contributed by atoms with Gasteiger partial charge in [-0.1, -0.05) is 12.1 Å². The van der Waals surface area contributed by atoms with Crippen LogP contribution in [0.1, 0.15) is 24.0 Å². The van der Waals surface area contributed by atoms with Crippen molar-refractivity contribution in [1.29, 1.82) is 5.26 Å². The second-order valence-electron chi connectivity index (χ2n) is 6.33. The van der Waals surface area contributed by atoms with Gasteiger partial charge in [0.15, 0.2) is 0 Å². The molecule has 0 fully saturated rings. The third-order valence-corrected chi connectivity index (χ3v) is 6.85. The zero-order valence-electron chi connectivity index (χ0n) is 14.5. The highest BCUT2D eigenvalue weighted by molar-refractivity contribution is 8.26. The Morgan fingerprint density at radius 2 is 2.04 bits per heavy atom. The number of rotatable bonds is 5. The number of hydrogen-bond donors (Lipinski definition) is 3. The molecule has 1 atom stereocenters. The third kappa shape index (κ3) is 3.41. The van der Waals surface area contributed by atoms with Crippen molar-refractivity contribution in [3.05, 3.63) is 59.4 Å². The Morgan fingerprint density at radius 3 is 2.77 bits per heavy atom. The summed E-state index contributed by atoms with van der Waals surface area (Å²) in [4.78, 5) is 0. The van der Waals surface area contributed by atoms with Gasteiger partial charge in [-0.05, 0) is 68.8 Å². The van der Waals surface area contributed by atoms with Crippen molar-refractivity contribution >= 4 is 22.2 Å². The molecule has 0 radical (unpaired) electrons. The third-order valence-electron chi connectivity index (χ3n) is 4.62. The number of nitriles is 1. The van der Waals surface area contributed by atoms with Gasteiger partial charge >= 0.3 is 0 Å². The maximum absolute atomic E-state index is 13.8. The van der Waals surface area contributed by atoms with Crippen LogP contribution < -0.4 is 9.62 Å². The number of hydrogen-bond acceptors (Lipinski definition) is 5. The van der Waals surface area contributed by atoms with Gasteiger partial charge in [0, 0.05) is 0 Å². The van der Waals surface area contributed by atoms with E-state index in [1.807, 2.05) is 7.05 Å². The van der Waals surface area contributed by atoms with E-state index in [4.69, 9.17) is 0 Å². The van der Waals surface area contributed by atoms with Crippen molar-refractivity contribution < 1.29 is 13.5 Å². The molecule has 138 valence electrons. The zero-order valence-corrected chi connectivity index (χ0v) is 15.3. The molecule has 0 bridgehead atoms. The number of fused-ring (bicyclic) bond motifs is 1. The van der Waals surface area contributed by atoms with Crippen LogP contribution in [0.4, 0.5) is 15.8 Å². The minimum Gasteiger partial charge on any atom is -0.320 e. The number of nitrogens with one attached hydrogen (secondary N) is 1. The Labute approximate surface area is 154 Å². The van der Waals surface area contributed by atoms with Crippen molar-refractivity contribution in [2.24, 2.45) is 0 Å². The smallest absolute Gasteiger partial charge is 0.123 e. The predicted molar refractivity (Wildman–Crippen MR) is 103 cm³/mol. The van der Waals surface area contributed by atoms with Crippen LogP contribution in [0.3, 0.4) is 0 Å². The molecule has 0 saturated heterocycles. The topological polar surface area (TPSA) is 79.5 Å². The van der Waals surface area contributed by atoms with Crippen molar-refractivity contribution in [3.63, 3.8) is 0 Å². The monoisotopic (exact) mass is 375 g/mol. The first-order chi connectivity index (χ1) is 12.5. The van der Waals surface area contributed by atoms with Gasteiger partial charge < -0.3 is 5.32 Å². The molecule has 0 amide bonds. The molecule has 1 heterocycles. The summed E-state index contributed by atoms with van der Waals surface area (Å²) < 4.78 is 37.5. The van der Waals surface area contributed by atoms with E-state index in [1.54, 1.807) is 30.3 Å². The van der Waals surface area contributed by atoms with Gasteiger partial charge in [0.1, 0.15) is 11.9 Å². The Morgan fingerprint density at radius 1 is 1.27 bits per heavy atom. The molecule has 2 aromatic rings. The first-order valence-corrected chi connectivity index (χ1v) is 10.0. The zero-order chi connectivity index (χ0) is 18.7. The molecule has 1 aliphatic heterocycles. The van der Waals surface area contributed by atoms with Gasteiger partial charge in [-0.2, -0.15) is 5.26 Å². The van der Waals surface area contributed by atoms with Gasteiger partial charge in [-0.3, -0.25) is 9.11 Å². The number of halogens is 1. The van der Waals surface area contributed by atoms with E-state index in [-0.39, 0.29) is 5.82 Å². The molecule has 1 aliphatic rings. The van der Waals surface area contributed by atoms with E-state index in [1.165, 1.54) is 16.4 Å². The molecular formula is C19H22FN3O2S. The Balaban J connectivity index is 2.12. The van der Waals surface area contributed by atoms with Crippen LogP contribution in [-0.4, -0.2) is 27.9 Å². The Bertz CT molecular complexity index is 838. The van der Waals surface area contributed by atoms with Gasteiger partial charge in [0.05, 0.1) is 22.2 Å². The summed E-state index contributed by atoms with van der Waals surface area (Å²) in [6, 6.07) is 13.2. The number of para-hydroxylation sites is 1. The standard InChI is InChI=1S/C19H22FN3O2S/c1-22-10-4-6-17-12-15-11-16(20)8-9-19(15)23(26(17,24)25)18-7-3-2-5-14(18)13-21/h2-3,5,7-9,11,17,22,24-25H,4,6,10,12H2,1H3. The Hall–Kier alpha value is -2.11. The first-order valence-electron chi connectivity index (χ1n) is 8.48. The molecular weight excluding hydrogens is 353 g/mol. The average Bonchev–Trinajstić information content (AvgIpc) is 2.62. The second-order valence-corrected chi connectivity index (χ2v) is 8.48. The fourth-order valence-corrected chi connectivity index (χ4v) is 5.45. The van der Waals surface area contributed by atoms with Gasteiger partial charge in [-0.15, -0.1) is 10.8 Å². The normalized spacial score (nSPS) is 19.5. The lowest BCUT2D eigenvalue weighted by Crippen LogP contribution is -2.38. The van der Waals surface area contributed by atoms with Crippen LogP contribution in [0.2, 0.25) is 0 Å². The number of anilines is 2. The molecule has 0 saturated carbocycles. The highest BCUT2D eigenvalue weighted by Crippen LogP contribution is 2.61. The summed E-state index contributed by atoms with van der Waals surface area (Å²) in [5.41, 5.74) is 2.04. The van der Waals surface area contributed by atoms with Crippen LogP contribution in [-0.2, 0) is 6.42 Å². The van der Waals surface area contributed by atoms with Crippen molar-refractivity contribution in [2.45, 2.75) is 24.5 Å². The fraction of sp³-hybridized carbons (Fsp3) is 0.316. The van der Waals surface area contributed by atoms with Crippen LogP contribution >= 0.6 is 10.8 Å². The summed E-state index contributed by atoms with van der Waals surface area (Å²) in [7, 11) is -1.38. The van der Waals surface area contributed by atoms with Gasteiger partial charge in [-0.25, -0.2) is 8.70 Å². The maximum Gasteiger partial charge on any atom is 0.123 e. The maximum atomic E-state index is 13.8. The molecule has 0 aliphatic carbocycles. The van der Waals surface area contributed by atoms with Crippen LogP contribution in [0, 0.1) is 17.1 Å². The average molecular weight is 375 g/mol. The van der Waals surface area contributed by atoms with E-state index >= 15 is 0 Å². The largest absolute Gasteiger partial charge is 0.320 e. The summed E-state index contributed by atoms with van der Waals surface area (Å²) in [5, 5.41) is 12.1. The predicted octanol–water partition coefficient (Wildman–Crippen LogP) is 4.43. The van der Waals surface area contributed by atoms with E-state index in [9.17, 15) is 18.8 Å². The van der Waals surface area contributed by atoms with Gasteiger partial charge in [0.2, 0.25) is 0 Å². The summed E-state index contributed by atoms with van der Waals surface area (Å²) >= 11 is 0. The molecule has 26 heavy (non-hydrogen) atoms. The van der Waals surface area contributed by atoms with E-state index in [0.29, 0.717) is 29.8 Å². The molecule has 1 unspecified atom stereocenters. The Kier molecular flexibility index (Phi) is 5.49. The quantitative estimate of drug-likeness (QED) is 0.674. The van der Waals surface area contributed by atoms with E-state index in [2.05, 4.69) is 11.4 Å². The lowest BCUT2D eigenvalue weighted by Gasteiger charge is -2.53. The summed E-state index contributed by atoms with van der Waals surface area (Å²) in [6.45, 7) is 0.761. The fourth-order valence-electron chi connectivity index (χ4n) is 3.35. The molecule has 2 aromatic carbocycles. The van der Waals surface area contributed by atoms with Crippen molar-refractivity contribution in [2.75, 3.05) is 17.9 Å². The van der Waals surface area contributed by atoms with E-state index < -0.39 is 16.0 Å². The lowest BCUT2D eigenvalue weighted by atomic mass is 10.0. The highest BCUT2D eigenvalue weighted by atomic mass is 32.3.